The number of hydrogen-bond acceptors (Lipinski definition) is 2. The van der Waals surface area contributed by atoms with Crippen molar-refractivity contribution in [2.75, 3.05) is 0 Å². The molecule has 0 saturated carbocycles. The fraction of sp³-hybridized carbons (Fsp3) is 0.333. The number of ketones is 2. The molecule has 10 heavy (non-hydrogen) atoms. The van der Waals surface area contributed by atoms with Crippen molar-refractivity contribution in [3.63, 3.8) is 0 Å². The van der Waals surface area contributed by atoms with Gasteiger partial charge in [0.2, 0.25) is 0 Å². The summed E-state index contributed by atoms with van der Waals surface area (Å²) in [6.45, 7) is 7.50. The Labute approximate surface area is 125 Å². The van der Waals surface area contributed by atoms with E-state index in [4.69, 9.17) is 6.58 Å². The van der Waals surface area contributed by atoms with Crippen molar-refractivity contribution in [2.24, 2.45) is 0 Å². The molecule has 0 unspecified atom stereocenters. The number of allylic oxidation sites excluding steroid dienone is 1. The molecular weight excluding hydrogens is 405 g/mol. The Morgan fingerprint density at radius 3 is 1.20 bits per heavy atom. The van der Waals surface area contributed by atoms with E-state index in [2.05, 4.69) is 0 Å². The van der Waals surface area contributed by atoms with Gasteiger partial charge >= 0.3 is 0 Å². The van der Waals surface area contributed by atoms with Crippen LogP contribution >= 0.6 is 0 Å². The minimum atomic E-state index is -0.363. The molecule has 0 aliphatic rings. The molecule has 0 rings (SSSR count). The van der Waals surface area contributed by atoms with Gasteiger partial charge in [-0.05, 0) is 13.8 Å². The predicted octanol–water partition coefficient (Wildman–Crippen LogP) is 0.524. The minimum Gasteiger partial charge on any atom is -0.371 e. The average Bonchev–Trinajstić information content (AvgIpc) is 1.64. The van der Waals surface area contributed by atoms with Gasteiger partial charge in [0.25, 0.3) is 0 Å². The van der Waals surface area contributed by atoms with Crippen LogP contribution in [0.1, 0.15) is 13.8 Å². The number of carbonyl (C=O) groups excluding carboxylic acids is 2. The molecule has 0 aliphatic carbocycles. The van der Waals surface area contributed by atoms with E-state index in [9.17, 15) is 9.59 Å². The van der Waals surface area contributed by atoms with E-state index < -0.39 is 0 Å². The summed E-state index contributed by atoms with van der Waals surface area (Å²) in [6, 6.07) is 0. The van der Waals surface area contributed by atoms with Gasteiger partial charge in [0.15, 0.2) is 0 Å². The van der Waals surface area contributed by atoms with Crippen molar-refractivity contribution in [3.05, 3.63) is 12.2 Å². The fourth-order valence-electron chi connectivity index (χ4n) is 0.248. The van der Waals surface area contributed by atoms with Crippen molar-refractivity contribution >= 4 is 11.6 Å². The number of carbonyl (C=O) groups is 2. The van der Waals surface area contributed by atoms with Crippen LogP contribution in [0.5, 0.6) is 0 Å². The standard InChI is InChI=1S/C6H7O2.2Sm/c1-4(5(2)7)6(3)8;;/h1H,2-3H3;;/q-1;;. The Hall–Kier alpha value is 1.76. The summed E-state index contributed by atoms with van der Waals surface area (Å²) in [6.07, 6.45) is 0. The van der Waals surface area contributed by atoms with Crippen LogP contribution in [0.2, 0.25) is 0 Å². The molecule has 0 spiro atoms. The van der Waals surface area contributed by atoms with E-state index in [1.807, 2.05) is 0 Å². The fourth-order valence-corrected chi connectivity index (χ4v) is 0.248. The Morgan fingerprint density at radius 1 is 1.00 bits per heavy atom. The molecular formula is C6H7O2Sm2-. The van der Waals surface area contributed by atoms with Gasteiger partial charge in [0.1, 0.15) is 0 Å². The maximum atomic E-state index is 10.2. The van der Waals surface area contributed by atoms with Gasteiger partial charge in [-0.2, -0.15) is 0 Å². The summed E-state index contributed by atoms with van der Waals surface area (Å²) in [4.78, 5) is 20.4. The topological polar surface area (TPSA) is 34.1 Å². The monoisotopic (exact) mass is 415 g/mol. The van der Waals surface area contributed by atoms with Crippen molar-refractivity contribution < 1.29 is 90.4 Å². The van der Waals surface area contributed by atoms with Crippen molar-refractivity contribution in [1.29, 1.82) is 0 Å². The maximum Gasteiger partial charge on any atom is 0.0494 e. The van der Waals surface area contributed by atoms with E-state index in [0.29, 0.717) is 0 Å². The summed E-state index contributed by atoms with van der Waals surface area (Å²) >= 11 is 0. The third-order valence-electron chi connectivity index (χ3n) is 0.759. The van der Waals surface area contributed by atoms with Gasteiger partial charge in [-0.3, -0.25) is 0 Å². The Kier molecular flexibility index (Phi) is 15.7. The second kappa shape index (κ2) is 8.85. The van der Waals surface area contributed by atoms with Crippen LogP contribution < -0.4 is 0 Å². The van der Waals surface area contributed by atoms with Gasteiger partial charge in [-0.15, -0.1) is 5.57 Å². The van der Waals surface area contributed by atoms with E-state index in [1.54, 1.807) is 0 Å². The van der Waals surface area contributed by atoms with Crippen molar-refractivity contribution in [1.82, 2.24) is 0 Å². The molecule has 0 aromatic heterocycles. The largest absolute Gasteiger partial charge is 0.371 e. The van der Waals surface area contributed by atoms with Crippen LogP contribution in [0.15, 0.2) is 5.57 Å². The normalized spacial score (nSPS) is 6.60. The van der Waals surface area contributed by atoms with Gasteiger partial charge in [-0.25, -0.2) is 6.58 Å². The Morgan fingerprint density at radius 2 is 1.20 bits per heavy atom. The summed E-state index contributed by atoms with van der Waals surface area (Å²) in [5.74, 6) is -0.727. The second-order valence-corrected chi connectivity index (χ2v) is 1.53. The zero-order chi connectivity index (χ0) is 6.73. The zero-order valence-electron chi connectivity index (χ0n) is 5.71. The van der Waals surface area contributed by atoms with Crippen LogP contribution in [0, 0.1) is 87.4 Å². The molecule has 2 nitrogen and oxygen atoms in total. The molecule has 0 aromatic rings. The van der Waals surface area contributed by atoms with Gasteiger partial charge in [0.05, 0.1) is 0 Å². The first-order valence-corrected chi connectivity index (χ1v) is 2.20. The molecule has 0 atom stereocenters. The smallest absolute Gasteiger partial charge is 0.0494 e. The van der Waals surface area contributed by atoms with Crippen LogP contribution in [0.3, 0.4) is 0 Å². The zero-order valence-corrected chi connectivity index (χ0v) is 10.9. The molecule has 0 saturated heterocycles. The molecule has 0 aromatic carbocycles. The van der Waals surface area contributed by atoms with Crippen LogP contribution in [0.4, 0.5) is 0 Å². The molecule has 0 radical (unpaired) electrons. The molecule has 4 heteroatoms. The first-order valence-electron chi connectivity index (χ1n) is 2.20. The Bertz CT molecular complexity index is 136. The number of Topliss-reactive ketones (excluding diaryl/α,β-unsaturated/α-hetero) is 2. The summed E-state index contributed by atoms with van der Waals surface area (Å²) in [5.41, 5.74) is -0.176. The third-order valence-corrected chi connectivity index (χ3v) is 0.759. The summed E-state index contributed by atoms with van der Waals surface area (Å²) < 4.78 is 0. The summed E-state index contributed by atoms with van der Waals surface area (Å²) in [5, 5.41) is 0. The molecule has 0 bridgehead atoms. The average molecular weight is 412 g/mol. The number of rotatable bonds is 2. The SMILES string of the molecule is [CH-]=C(C(C)=O)C(C)=O.[Sm].[Sm]. The third kappa shape index (κ3) is 7.86. The van der Waals surface area contributed by atoms with E-state index in [0.717, 1.165) is 0 Å². The predicted molar refractivity (Wildman–Crippen MR) is 29.2 cm³/mol. The molecule has 0 fully saturated rings. The molecule has 0 heterocycles. The van der Waals surface area contributed by atoms with Crippen LogP contribution in [0.25, 0.3) is 0 Å². The molecule has 0 N–H and O–H groups in total. The van der Waals surface area contributed by atoms with Gasteiger partial charge < -0.3 is 9.59 Å². The van der Waals surface area contributed by atoms with Crippen LogP contribution in [-0.4, -0.2) is 11.6 Å². The Balaban J connectivity index is -0.000000245. The van der Waals surface area contributed by atoms with Crippen molar-refractivity contribution in [2.45, 2.75) is 13.8 Å². The van der Waals surface area contributed by atoms with Gasteiger partial charge in [0, 0.05) is 92.3 Å². The minimum absolute atomic E-state index is 0. The van der Waals surface area contributed by atoms with Gasteiger partial charge in [-0.1, -0.05) is 0 Å². The second-order valence-electron chi connectivity index (χ2n) is 1.53. The number of hydrogen-bond donors (Lipinski definition) is 0. The molecule has 0 aliphatic heterocycles. The van der Waals surface area contributed by atoms with E-state index in [-0.39, 0.29) is 97.9 Å². The van der Waals surface area contributed by atoms with Crippen molar-refractivity contribution in [3.8, 4) is 0 Å². The first kappa shape index (κ1) is 17.7. The molecule has 56 valence electrons. The first-order chi connectivity index (χ1) is 3.55. The quantitative estimate of drug-likeness (QED) is 0.287. The molecule has 0 amide bonds. The van der Waals surface area contributed by atoms with E-state index >= 15 is 0 Å². The maximum absolute atomic E-state index is 10.2. The van der Waals surface area contributed by atoms with Crippen LogP contribution in [-0.2, 0) is 9.59 Å². The summed E-state index contributed by atoms with van der Waals surface area (Å²) in [7, 11) is 0. The van der Waals surface area contributed by atoms with E-state index in [1.165, 1.54) is 13.8 Å².